The Kier molecular flexibility index (Phi) is 6.41. The van der Waals surface area contributed by atoms with Gasteiger partial charge in [0, 0.05) is 20.1 Å². The van der Waals surface area contributed by atoms with Gasteiger partial charge in [-0.1, -0.05) is 24.3 Å². The summed E-state index contributed by atoms with van der Waals surface area (Å²) in [6.07, 6.45) is 2.63. The highest BCUT2D eigenvalue weighted by molar-refractivity contribution is 7.18. The van der Waals surface area contributed by atoms with Gasteiger partial charge in [-0.05, 0) is 50.5 Å². The minimum Gasteiger partial charge on any atom is -0.477 e. The number of benzene rings is 2. The number of nitrogens with zero attached hydrogens (tertiary/aromatic N) is 4. The van der Waals surface area contributed by atoms with E-state index >= 15 is 0 Å². The molecule has 2 atom stereocenters. The summed E-state index contributed by atoms with van der Waals surface area (Å²) in [5, 5.41) is 0.914. The number of hydrogen-bond acceptors (Lipinski definition) is 6. The van der Waals surface area contributed by atoms with E-state index in [2.05, 4.69) is 6.07 Å². The number of likely N-dealkylation sites (N-methyl/N-ethyl adjacent to an activating group) is 1. The van der Waals surface area contributed by atoms with Gasteiger partial charge in [0.05, 0.1) is 35.0 Å². The molecule has 2 aliphatic rings. The van der Waals surface area contributed by atoms with Gasteiger partial charge in [0.1, 0.15) is 10.8 Å². The van der Waals surface area contributed by atoms with E-state index in [-0.39, 0.29) is 24.4 Å². The van der Waals surface area contributed by atoms with Crippen molar-refractivity contribution in [3.05, 3.63) is 53.5 Å². The van der Waals surface area contributed by atoms with Gasteiger partial charge in [-0.15, -0.1) is 11.3 Å². The molecule has 2 aliphatic heterocycles. The maximum atomic E-state index is 13.4. The second-order valence-electron chi connectivity index (χ2n) is 9.04. The number of likely N-dealkylation sites (tertiary alicyclic amines) is 1. The third-order valence-corrected chi connectivity index (χ3v) is 7.98. The number of piperidine rings is 1. The van der Waals surface area contributed by atoms with E-state index in [9.17, 15) is 9.59 Å². The van der Waals surface area contributed by atoms with Crippen LogP contribution in [0.5, 0.6) is 5.75 Å². The molecule has 34 heavy (non-hydrogen) atoms. The average Bonchev–Trinajstić information content (AvgIpc) is 3.32. The molecule has 7 nitrogen and oxygen atoms in total. The van der Waals surface area contributed by atoms with Crippen LogP contribution in [0.2, 0.25) is 0 Å². The third kappa shape index (κ3) is 4.46. The van der Waals surface area contributed by atoms with Crippen LogP contribution in [0.4, 0.5) is 5.69 Å². The smallest absolute Gasteiger partial charge is 0.265 e. The normalized spacial score (nSPS) is 18.8. The Morgan fingerprint density at radius 1 is 1.12 bits per heavy atom. The second kappa shape index (κ2) is 9.62. The van der Waals surface area contributed by atoms with Crippen molar-refractivity contribution >= 4 is 39.1 Å². The van der Waals surface area contributed by atoms with Crippen molar-refractivity contribution in [2.24, 2.45) is 0 Å². The van der Waals surface area contributed by atoms with E-state index in [1.165, 1.54) is 0 Å². The molecule has 8 heteroatoms. The lowest BCUT2D eigenvalue weighted by Gasteiger charge is -2.38. The van der Waals surface area contributed by atoms with Crippen LogP contribution in [0.3, 0.4) is 0 Å². The molecule has 3 heterocycles. The highest BCUT2D eigenvalue weighted by Crippen LogP contribution is 2.34. The maximum absolute atomic E-state index is 13.4. The van der Waals surface area contributed by atoms with Crippen molar-refractivity contribution in [2.75, 3.05) is 38.1 Å². The van der Waals surface area contributed by atoms with Crippen LogP contribution >= 0.6 is 11.3 Å². The summed E-state index contributed by atoms with van der Waals surface area (Å²) >= 11 is 1.62. The highest BCUT2D eigenvalue weighted by Gasteiger charge is 2.35. The molecule has 178 valence electrons. The highest BCUT2D eigenvalue weighted by atomic mass is 32.1. The summed E-state index contributed by atoms with van der Waals surface area (Å²) in [7, 11) is 1.82. The number of anilines is 1. The van der Waals surface area contributed by atoms with Crippen molar-refractivity contribution in [3.63, 3.8) is 0 Å². The molecular formula is C26H30N4O3S. The Balaban J connectivity index is 1.32. The fraction of sp³-hybridized carbons (Fsp3) is 0.423. The fourth-order valence-electron chi connectivity index (χ4n) is 4.63. The number of amides is 2. The van der Waals surface area contributed by atoms with Gasteiger partial charge in [0.25, 0.3) is 5.91 Å². The first-order valence-electron chi connectivity index (χ1n) is 11.9. The standard InChI is InChI=1S/C26H30N4O3S/c1-18(25-27-19-10-4-7-13-23(19)34-25)28(2)24(31)17-30-16-22(26(32)29-14-8-3-9-15-29)33-21-12-6-5-11-20(21)30/h4-7,10-13,18,22H,3,8-9,14-17H2,1-2H3. The van der Waals surface area contributed by atoms with Gasteiger partial charge in [-0.3, -0.25) is 9.59 Å². The summed E-state index contributed by atoms with van der Waals surface area (Å²) in [4.78, 5) is 36.9. The van der Waals surface area contributed by atoms with E-state index in [1.54, 1.807) is 16.2 Å². The van der Waals surface area contributed by atoms with Gasteiger partial charge in [-0.2, -0.15) is 0 Å². The molecule has 2 unspecified atom stereocenters. The van der Waals surface area contributed by atoms with Crippen LogP contribution < -0.4 is 9.64 Å². The van der Waals surface area contributed by atoms with Gasteiger partial charge >= 0.3 is 0 Å². The van der Waals surface area contributed by atoms with E-state index in [0.717, 1.165) is 53.3 Å². The predicted octanol–water partition coefficient (Wildman–Crippen LogP) is 4.10. The molecular weight excluding hydrogens is 448 g/mol. The molecule has 5 rings (SSSR count). The van der Waals surface area contributed by atoms with Gasteiger partial charge < -0.3 is 19.4 Å². The van der Waals surface area contributed by atoms with Crippen molar-refractivity contribution in [1.82, 2.24) is 14.8 Å². The van der Waals surface area contributed by atoms with E-state index in [0.29, 0.717) is 12.3 Å². The number of ether oxygens (including phenoxy) is 1. The van der Waals surface area contributed by atoms with E-state index in [4.69, 9.17) is 9.72 Å². The number of carbonyl (C=O) groups excluding carboxylic acids is 2. The van der Waals surface area contributed by atoms with Crippen LogP contribution in [0, 0.1) is 0 Å². The Morgan fingerprint density at radius 2 is 1.85 bits per heavy atom. The quantitative estimate of drug-likeness (QED) is 0.553. The second-order valence-corrected chi connectivity index (χ2v) is 10.1. The molecule has 0 N–H and O–H groups in total. The molecule has 0 radical (unpaired) electrons. The third-order valence-electron chi connectivity index (χ3n) is 6.77. The van der Waals surface area contributed by atoms with Gasteiger partial charge in [-0.25, -0.2) is 4.98 Å². The molecule has 2 amide bonds. The molecule has 1 aromatic heterocycles. The number of rotatable bonds is 5. The summed E-state index contributed by atoms with van der Waals surface area (Å²) in [5.41, 5.74) is 1.80. The zero-order valence-corrected chi connectivity index (χ0v) is 20.5. The Bertz CT molecular complexity index is 1160. The summed E-state index contributed by atoms with van der Waals surface area (Å²) < 4.78 is 7.22. The Labute approximate surface area is 203 Å². The lowest BCUT2D eigenvalue weighted by Crippen LogP contribution is -2.53. The summed E-state index contributed by atoms with van der Waals surface area (Å²) in [6.45, 7) is 4.10. The number of hydrogen-bond donors (Lipinski definition) is 0. The average molecular weight is 479 g/mol. The number of para-hydroxylation sites is 3. The lowest BCUT2D eigenvalue weighted by molar-refractivity contribution is -0.140. The number of fused-ring (bicyclic) bond motifs is 2. The molecule has 3 aromatic rings. The van der Waals surface area contributed by atoms with Gasteiger partial charge in [0.15, 0.2) is 6.10 Å². The zero-order valence-electron chi connectivity index (χ0n) is 19.6. The SMILES string of the molecule is CC(c1nc2ccccc2s1)N(C)C(=O)CN1CC(C(=O)N2CCCCC2)Oc2ccccc21. The predicted molar refractivity (Wildman–Crippen MR) is 134 cm³/mol. The number of aromatic nitrogens is 1. The van der Waals surface area contributed by atoms with Crippen LogP contribution in [0.1, 0.15) is 37.2 Å². The van der Waals surface area contributed by atoms with E-state index in [1.807, 2.05) is 66.2 Å². The minimum absolute atomic E-state index is 0.0165. The lowest BCUT2D eigenvalue weighted by atomic mass is 10.1. The van der Waals surface area contributed by atoms with Crippen LogP contribution in [-0.2, 0) is 9.59 Å². The van der Waals surface area contributed by atoms with Crippen LogP contribution in [-0.4, -0.2) is 65.9 Å². The molecule has 0 spiro atoms. The maximum Gasteiger partial charge on any atom is 0.265 e. The van der Waals surface area contributed by atoms with E-state index < -0.39 is 6.10 Å². The van der Waals surface area contributed by atoms with Crippen LogP contribution in [0.25, 0.3) is 10.2 Å². The molecule has 0 saturated carbocycles. The summed E-state index contributed by atoms with van der Waals surface area (Å²) in [5.74, 6) is 0.647. The van der Waals surface area contributed by atoms with Crippen molar-refractivity contribution in [2.45, 2.75) is 38.3 Å². The molecule has 0 aliphatic carbocycles. The first-order valence-corrected chi connectivity index (χ1v) is 12.7. The molecule has 2 aromatic carbocycles. The monoisotopic (exact) mass is 478 g/mol. The number of carbonyl (C=O) groups is 2. The van der Waals surface area contributed by atoms with Crippen molar-refractivity contribution in [1.29, 1.82) is 0 Å². The molecule has 1 fully saturated rings. The largest absolute Gasteiger partial charge is 0.477 e. The zero-order chi connectivity index (χ0) is 23.7. The number of thiazole rings is 1. The minimum atomic E-state index is -0.604. The van der Waals surface area contributed by atoms with Crippen LogP contribution in [0.15, 0.2) is 48.5 Å². The van der Waals surface area contributed by atoms with Gasteiger partial charge in [0.2, 0.25) is 5.91 Å². The Morgan fingerprint density at radius 3 is 2.65 bits per heavy atom. The topological polar surface area (TPSA) is 66.0 Å². The fourth-order valence-corrected chi connectivity index (χ4v) is 5.69. The Hall–Kier alpha value is -3.13. The van der Waals surface area contributed by atoms with Crippen molar-refractivity contribution in [3.8, 4) is 5.75 Å². The first-order chi connectivity index (χ1) is 16.5. The molecule has 1 saturated heterocycles. The van der Waals surface area contributed by atoms with Crippen molar-refractivity contribution < 1.29 is 14.3 Å². The first kappa shape index (κ1) is 22.7. The molecule has 0 bridgehead atoms. The summed E-state index contributed by atoms with van der Waals surface area (Å²) in [6, 6.07) is 15.5.